The minimum atomic E-state index is -3.82. The van der Waals surface area contributed by atoms with Gasteiger partial charge in [-0.15, -0.1) is 0 Å². The Morgan fingerprint density at radius 2 is 1.73 bits per heavy atom. The SMILES string of the molecule is CN(Cc1ccccc1)S(=O)(=O)c1ccc(C(=O)N(/N=C/c2coc3ccccc3c2=O)c2nc3ccc(Br)cc3s2)cc1. The summed E-state index contributed by atoms with van der Waals surface area (Å²) in [6.07, 6.45) is 2.55. The zero-order chi connectivity index (χ0) is 30.8. The molecule has 0 aliphatic carbocycles. The molecule has 12 heteroatoms. The maximum Gasteiger partial charge on any atom is 0.280 e. The first-order chi connectivity index (χ1) is 21.2. The van der Waals surface area contributed by atoms with Gasteiger partial charge in [-0.2, -0.15) is 14.4 Å². The van der Waals surface area contributed by atoms with Crippen LogP contribution in [0.5, 0.6) is 0 Å². The van der Waals surface area contributed by atoms with Crippen molar-refractivity contribution >= 4 is 75.7 Å². The molecule has 220 valence electrons. The normalized spacial score (nSPS) is 12.0. The lowest BCUT2D eigenvalue weighted by atomic mass is 10.2. The molecule has 0 fully saturated rings. The van der Waals surface area contributed by atoms with Crippen molar-refractivity contribution in [2.45, 2.75) is 11.4 Å². The number of hydrogen-bond donors (Lipinski definition) is 0. The van der Waals surface area contributed by atoms with Gasteiger partial charge in [-0.1, -0.05) is 69.7 Å². The number of anilines is 1. The van der Waals surface area contributed by atoms with E-state index in [4.69, 9.17) is 4.42 Å². The Bertz CT molecular complexity index is 2200. The highest BCUT2D eigenvalue weighted by Gasteiger charge is 2.24. The molecule has 0 unspecified atom stereocenters. The van der Waals surface area contributed by atoms with Crippen LogP contribution in [-0.2, 0) is 16.6 Å². The van der Waals surface area contributed by atoms with Crippen LogP contribution in [0.15, 0.2) is 127 Å². The first kappa shape index (κ1) is 29.6. The third-order valence-electron chi connectivity index (χ3n) is 6.79. The highest BCUT2D eigenvalue weighted by Crippen LogP contribution is 2.32. The Morgan fingerprint density at radius 1 is 1.00 bits per heavy atom. The van der Waals surface area contributed by atoms with E-state index in [0.717, 1.165) is 19.7 Å². The Balaban J connectivity index is 1.33. The van der Waals surface area contributed by atoms with Crippen molar-refractivity contribution in [3.63, 3.8) is 0 Å². The summed E-state index contributed by atoms with van der Waals surface area (Å²) in [5, 5.41) is 6.13. The van der Waals surface area contributed by atoms with Crippen molar-refractivity contribution in [1.82, 2.24) is 9.29 Å². The number of sulfonamides is 1. The summed E-state index contributed by atoms with van der Waals surface area (Å²) in [7, 11) is -2.32. The van der Waals surface area contributed by atoms with Crippen LogP contribution in [0.3, 0.4) is 0 Å². The fourth-order valence-corrected chi connectivity index (χ4v) is 7.10. The number of carbonyl (C=O) groups is 1. The molecule has 2 heterocycles. The molecule has 4 aromatic carbocycles. The van der Waals surface area contributed by atoms with Gasteiger partial charge in [0.15, 0.2) is 0 Å². The molecule has 0 aliphatic heterocycles. The molecule has 0 N–H and O–H groups in total. The van der Waals surface area contributed by atoms with E-state index in [-0.39, 0.29) is 33.1 Å². The molecule has 0 saturated carbocycles. The highest BCUT2D eigenvalue weighted by molar-refractivity contribution is 9.10. The van der Waals surface area contributed by atoms with Crippen LogP contribution in [0, 0.1) is 0 Å². The van der Waals surface area contributed by atoms with Crippen molar-refractivity contribution in [3.8, 4) is 0 Å². The third kappa shape index (κ3) is 5.97. The Hall–Kier alpha value is -4.49. The number of hydrazone groups is 1. The van der Waals surface area contributed by atoms with Crippen LogP contribution in [0.2, 0.25) is 0 Å². The number of nitrogens with zero attached hydrogens (tertiary/aromatic N) is 4. The van der Waals surface area contributed by atoms with E-state index in [1.54, 1.807) is 24.3 Å². The zero-order valence-electron chi connectivity index (χ0n) is 23.1. The second-order valence-electron chi connectivity index (χ2n) is 9.76. The second-order valence-corrected chi connectivity index (χ2v) is 13.7. The standard InChI is InChI=1S/C32H23BrN4O5S2/c1-36(19-21-7-3-2-4-8-21)44(40,41)25-14-11-22(12-15-25)31(39)37(32-35-27-16-13-24(33)17-29(27)43-32)34-18-23-20-42-28-10-6-5-9-26(28)30(23)38/h2-18,20H,19H2,1H3/b34-18+. The summed E-state index contributed by atoms with van der Waals surface area (Å²) < 4.78 is 35.0. The minimum absolute atomic E-state index is 0.0427. The van der Waals surface area contributed by atoms with Crippen molar-refractivity contribution < 1.29 is 17.6 Å². The predicted octanol–water partition coefficient (Wildman–Crippen LogP) is 6.67. The smallest absolute Gasteiger partial charge is 0.280 e. The number of halogens is 1. The molecule has 44 heavy (non-hydrogen) atoms. The van der Waals surface area contributed by atoms with E-state index < -0.39 is 15.9 Å². The first-order valence-corrected chi connectivity index (χ1v) is 16.3. The van der Waals surface area contributed by atoms with E-state index in [9.17, 15) is 18.0 Å². The van der Waals surface area contributed by atoms with E-state index in [0.29, 0.717) is 16.5 Å². The van der Waals surface area contributed by atoms with Gasteiger partial charge in [0, 0.05) is 23.6 Å². The van der Waals surface area contributed by atoms with Crippen LogP contribution in [0.1, 0.15) is 21.5 Å². The molecule has 0 bridgehead atoms. The number of benzene rings is 4. The summed E-state index contributed by atoms with van der Waals surface area (Å²) >= 11 is 4.70. The van der Waals surface area contributed by atoms with Gasteiger partial charge in [0.05, 0.1) is 32.3 Å². The van der Waals surface area contributed by atoms with Gasteiger partial charge in [-0.05, 0) is 60.2 Å². The lowest BCUT2D eigenvalue weighted by Crippen LogP contribution is -2.27. The number of thiazole rings is 1. The van der Waals surface area contributed by atoms with Crippen LogP contribution in [-0.4, -0.2) is 36.9 Å². The quantitative estimate of drug-likeness (QED) is 0.131. The Kier molecular flexibility index (Phi) is 8.23. The Labute approximate surface area is 264 Å². The largest absolute Gasteiger partial charge is 0.463 e. The molecule has 6 rings (SSSR count). The number of hydrogen-bond acceptors (Lipinski definition) is 8. The number of carbonyl (C=O) groups excluding carboxylic acids is 1. The van der Waals surface area contributed by atoms with Crippen molar-refractivity contribution in [1.29, 1.82) is 0 Å². The van der Waals surface area contributed by atoms with Crippen LogP contribution in [0.4, 0.5) is 5.13 Å². The van der Waals surface area contributed by atoms with Gasteiger partial charge >= 0.3 is 0 Å². The van der Waals surface area contributed by atoms with Crippen LogP contribution in [0.25, 0.3) is 21.2 Å². The molecule has 0 saturated heterocycles. The van der Waals surface area contributed by atoms with Gasteiger partial charge in [0.2, 0.25) is 20.6 Å². The number of para-hydroxylation sites is 1. The van der Waals surface area contributed by atoms with E-state index in [1.165, 1.54) is 59.4 Å². The van der Waals surface area contributed by atoms with E-state index >= 15 is 0 Å². The maximum absolute atomic E-state index is 13.9. The van der Waals surface area contributed by atoms with Crippen molar-refractivity contribution in [2.24, 2.45) is 5.10 Å². The summed E-state index contributed by atoms with van der Waals surface area (Å²) in [6.45, 7) is 0.197. The molecule has 0 spiro atoms. The number of fused-ring (bicyclic) bond motifs is 2. The minimum Gasteiger partial charge on any atom is -0.463 e. The zero-order valence-corrected chi connectivity index (χ0v) is 26.3. The Morgan fingerprint density at radius 3 is 2.50 bits per heavy atom. The lowest BCUT2D eigenvalue weighted by Gasteiger charge is -2.18. The van der Waals surface area contributed by atoms with Crippen LogP contribution < -0.4 is 10.4 Å². The molecule has 0 aliphatic rings. The molecule has 1 amide bonds. The molecule has 0 atom stereocenters. The first-order valence-electron chi connectivity index (χ1n) is 13.3. The average molecular weight is 688 g/mol. The van der Waals surface area contributed by atoms with Crippen LogP contribution >= 0.6 is 27.3 Å². The van der Waals surface area contributed by atoms with Gasteiger partial charge in [-0.3, -0.25) is 9.59 Å². The number of amides is 1. The average Bonchev–Trinajstić information content (AvgIpc) is 3.45. The second kappa shape index (κ2) is 12.2. The molecule has 2 aromatic heterocycles. The fraction of sp³-hybridized carbons (Fsp3) is 0.0625. The predicted molar refractivity (Wildman–Crippen MR) is 176 cm³/mol. The van der Waals surface area contributed by atoms with Crippen molar-refractivity contribution in [2.75, 3.05) is 12.1 Å². The maximum atomic E-state index is 13.9. The van der Waals surface area contributed by atoms with Crippen molar-refractivity contribution in [3.05, 3.63) is 135 Å². The monoisotopic (exact) mass is 686 g/mol. The van der Waals surface area contributed by atoms with Gasteiger partial charge in [0.25, 0.3) is 5.91 Å². The summed E-state index contributed by atoms with van der Waals surface area (Å²) in [6, 6.07) is 27.3. The van der Waals surface area contributed by atoms with E-state index in [2.05, 4.69) is 26.0 Å². The fourth-order valence-electron chi connectivity index (χ4n) is 4.46. The van der Waals surface area contributed by atoms with E-state index in [1.807, 2.05) is 48.5 Å². The number of aromatic nitrogens is 1. The molecular weight excluding hydrogens is 664 g/mol. The summed E-state index contributed by atoms with van der Waals surface area (Å²) in [5.41, 5.74) is 1.97. The third-order valence-corrected chi connectivity index (χ3v) is 10.1. The molecule has 0 radical (unpaired) electrons. The van der Waals surface area contributed by atoms with Gasteiger partial charge in [-0.25, -0.2) is 13.4 Å². The molecule has 9 nitrogen and oxygen atoms in total. The van der Waals surface area contributed by atoms with Gasteiger partial charge in [0.1, 0.15) is 11.8 Å². The highest BCUT2D eigenvalue weighted by atomic mass is 79.9. The number of rotatable bonds is 8. The molecule has 6 aromatic rings. The molecular formula is C32H23BrN4O5S2. The lowest BCUT2D eigenvalue weighted by molar-refractivity contribution is 0.0987. The van der Waals surface area contributed by atoms with Gasteiger partial charge < -0.3 is 4.42 Å². The summed E-state index contributed by atoms with van der Waals surface area (Å²) in [5.74, 6) is -0.564. The topological polar surface area (TPSA) is 113 Å². The summed E-state index contributed by atoms with van der Waals surface area (Å²) in [4.78, 5) is 31.5.